The van der Waals surface area contributed by atoms with Gasteiger partial charge in [-0.15, -0.1) is 0 Å². The van der Waals surface area contributed by atoms with Crippen LogP contribution in [-0.4, -0.2) is 202 Å². The van der Waals surface area contributed by atoms with E-state index in [1.807, 2.05) is 0 Å². The summed E-state index contributed by atoms with van der Waals surface area (Å²) < 4.78 is 201. The molecule has 0 radical (unpaired) electrons. The average Bonchev–Trinajstić information content (AvgIpc) is 2.97. The Kier molecular flexibility index (Phi) is 15.2. The maximum absolute atomic E-state index is 12.4. The second kappa shape index (κ2) is 17.5. The first kappa shape index (κ1) is 46.8. The summed E-state index contributed by atoms with van der Waals surface area (Å²) in [5, 5.41) is 52.9. The van der Waals surface area contributed by atoms with E-state index in [9.17, 15) is 81.5 Å². The number of aliphatic hydroxyl groups is 4. The monoisotopic (exact) mass is 900 g/mol. The Morgan fingerprint density at radius 3 is 1.61 bits per heavy atom. The van der Waals surface area contributed by atoms with Crippen LogP contribution in [0.1, 0.15) is 0 Å². The minimum absolute atomic E-state index is 0.913. The Labute approximate surface area is 303 Å². The number of carboxylic acid groups (broad SMARTS) is 1. The molecule has 0 amide bonds. The molecule has 0 bridgehead atoms. The SMILES string of the molecule is O=C(O)[C@@H]1O[C@@H](O[C@H]2[C@H](O)[C@@H](NS(=O)(=O)O)CO[C@@H]2COS(=O)(=O)O)[C@H](OS(=O)(=O)O)[C@@H](O)[C@@H]1O[C@H]1O[C@H](COS(=O)(=O)O)[C@@H](O)[C@H](O)[C@H]1NS(=O)(=O)O. The summed E-state index contributed by atoms with van der Waals surface area (Å²) in [6.45, 7) is -3.60. The number of carbonyl (C=O) groups is 1. The number of nitrogens with one attached hydrogen (secondary N) is 2. The van der Waals surface area contributed by atoms with Crippen molar-refractivity contribution >= 4 is 57.8 Å². The summed E-state index contributed by atoms with van der Waals surface area (Å²) in [5.74, 6) is -2.20. The lowest BCUT2D eigenvalue weighted by Crippen LogP contribution is -2.69. The summed E-state index contributed by atoms with van der Waals surface area (Å²) in [6.07, 6.45) is -30.0. The summed E-state index contributed by atoms with van der Waals surface area (Å²) in [7, 11) is -27.0. The van der Waals surface area contributed by atoms with E-state index in [0.29, 0.717) is 0 Å². The topological polar surface area (TPSA) is 488 Å². The summed E-state index contributed by atoms with van der Waals surface area (Å²) in [6, 6.07) is -4.35. The van der Waals surface area contributed by atoms with Crippen LogP contribution in [-0.2, 0) is 92.8 Å². The van der Waals surface area contributed by atoms with E-state index in [4.69, 9.17) is 37.3 Å². The van der Waals surface area contributed by atoms with Gasteiger partial charge in [0.1, 0.15) is 54.9 Å². The van der Waals surface area contributed by atoms with Gasteiger partial charge in [-0.25, -0.2) is 17.3 Å². The van der Waals surface area contributed by atoms with Crippen LogP contribution < -0.4 is 9.44 Å². The molecule has 14 atom stereocenters. The van der Waals surface area contributed by atoms with Crippen molar-refractivity contribution in [3.63, 3.8) is 0 Å². The van der Waals surface area contributed by atoms with Crippen LogP contribution in [0.15, 0.2) is 0 Å². The van der Waals surface area contributed by atoms with Crippen molar-refractivity contribution in [2.75, 3.05) is 19.8 Å². The Hall–Kier alpha value is -1.54. The van der Waals surface area contributed by atoms with Crippen LogP contribution >= 0.6 is 0 Å². The van der Waals surface area contributed by atoms with E-state index in [-0.39, 0.29) is 0 Å². The normalized spacial score (nSPS) is 37.5. The number of aliphatic hydroxyl groups excluding tert-OH is 4. The fourth-order valence-electron chi connectivity index (χ4n) is 5.10. The predicted octanol–water partition coefficient (Wildman–Crippen LogP) is -8.52. The molecule has 31 nitrogen and oxygen atoms in total. The molecule has 3 aliphatic rings. The van der Waals surface area contributed by atoms with E-state index < -0.39 is 163 Å². The van der Waals surface area contributed by atoms with Gasteiger partial charge in [0.05, 0.1) is 25.9 Å². The average molecular weight is 901 g/mol. The third-order valence-electron chi connectivity index (χ3n) is 7.23. The molecule has 0 aliphatic carbocycles. The van der Waals surface area contributed by atoms with Gasteiger partial charge in [0.2, 0.25) is 0 Å². The first-order valence-electron chi connectivity index (χ1n) is 13.9. The molecule has 3 fully saturated rings. The standard InChI is InChI=1S/C18H32N2O29S5/c21-8-4(19-50(27,28)29)1-42-6(3-44-53(36,37)38)12(8)46-18-14(49-54(39,40)41)11(24)13(15(48-18)16(25)26)47-17-7(20-51(30,31)32)10(23)9(22)5(45-17)2-43-52(33,34)35/h4-15,17-24H,1-3H2,(H,25,26)(H,27,28,29)(H,30,31,32)(H,33,34,35)(H,36,37,38)(H,39,40,41)/t4-,5+,6+,7+,8+,9+,10+,11-,12+,13-,14+,15+,17+,18+/m0/s1. The highest BCUT2D eigenvalue weighted by Gasteiger charge is 2.57. The Bertz CT molecular complexity index is 1870. The molecule has 318 valence electrons. The van der Waals surface area contributed by atoms with E-state index in [1.165, 1.54) is 9.44 Å². The highest BCUT2D eigenvalue weighted by atomic mass is 32.3. The molecule has 3 heterocycles. The number of carboxylic acids is 1. The molecule has 0 unspecified atom stereocenters. The van der Waals surface area contributed by atoms with Gasteiger partial charge in [0.25, 0.3) is 0 Å². The van der Waals surface area contributed by atoms with Gasteiger partial charge in [-0.1, -0.05) is 0 Å². The molecule has 3 saturated heterocycles. The number of aliphatic carboxylic acids is 1. The minimum atomic E-state index is -5.80. The zero-order valence-corrected chi connectivity index (χ0v) is 30.1. The molecular weight excluding hydrogens is 869 g/mol. The van der Waals surface area contributed by atoms with Crippen molar-refractivity contribution in [2.45, 2.75) is 85.7 Å². The second-order valence-corrected chi connectivity index (χ2v) is 16.7. The highest BCUT2D eigenvalue weighted by Crippen LogP contribution is 2.34. The molecule has 0 spiro atoms. The van der Waals surface area contributed by atoms with E-state index in [0.717, 1.165) is 0 Å². The van der Waals surface area contributed by atoms with Crippen molar-refractivity contribution in [1.82, 2.24) is 9.44 Å². The van der Waals surface area contributed by atoms with E-state index in [1.54, 1.807) is 0 Å². The van der Waals surface area contributed by atoms with Crippen molar-refractivity contribution in [2.24, 2.45) is 0 Å². The predicted molar refractivity (Wildman–Crippen MR) is 157 cm³/mol. The number of rotatable bonds is 17. The third-order valence-corrected chi connectivity index (χ3v) is 9.74. The molecule has 0 aromatic heterocycles. The molecule has 3 aliphatic heterocycles. The first-order valence-corrected chi connectivity index (χ1v) is 20.9. The van der Waals surface area contributed by atoms with Crippen molar-refractivity contribution in [3.05, 3.63) is 0 Å². The lowest BCUT2D eigenvalue weighted by molar-refractivity contribution is -0.351. The van der Waals surface area contributed by atoms with E-state index in [2.05, 4.69) is 12.5 Å². The van der Waals surface area contributed by atoms with Gasteiger partial charge in [-0.05, 0) is 0 Å². The fourth-order valence-corrected chi connectivity index (χ4v) is 7.39. The fraction of sp³-hybridized carbons (Fsp3) is 0.944. The molecular formula is C18H32N2O29S5. The molecule has 0 saturated carbocycles. The van der Waals surface area contributed by atoms with Gasteiger partial charge in [-0.3, -0.25) is 22.8 Å². The lowest BCUT2D eigenvalue weighted by atomic mass is 9.95. The van der Waals surface area contributed by atoms with Crippen LogP contribution in [0.3, 0.4) is 0 Å². The van der Waals surface area contributed by atoms with Crippen LogP contribution in [0.5, 0.6) is 0 Å². The molecule has 54 heavy (non-hydrogen) atoms. The van der Waals surface area contributed by atoms with Gasteiger partial charge in [-0.2, -0.15) is 51.5 Å². The summed E-state index contributed by atoms with van der Waals surface area (Å²) >= 11 is 0. The Morgan fingerprint density at radius 1 is 0.611 bits per heavy atom. The van der Waals surface area contributed by atoms with Crippen LogP contribution in [0.2, 0.25) is 0 Å². The zero-order valence-electron chi connectivity index (χ0n) is 26.0. The maximum Gasteiger partial charge on any atom is 0.397 e. The molecule has 36 heteroatoms. The van der Waals surface area contributed by atoms with Crippen LogP contribution in [0.25, 0.3) is 0 Å². The Balaban J connectivity index is 2.05. The minimum Gasteiger partial charge on any atom is -0.479 e. The number of hydrogen-bond donors (Lipinski definition) is 12. The summed E-state index contributed by atoms with van der Waals surface area (Å²) in [5.41, 5.74) is 0. The number of hydrogen-bond acceptors (Lipinski definition) is 23. The van der Waals surface area contributed by atoms with Gasteiger partial charge >= 0.3 is 57.8 Å². The van der Waals surface area contributed by atoms with Crippen LogP contribution in [0.4, 0.5) is 0 Å². The number of ether oxygens (including phenoxy) is 5. The maximum atomic E-state index is 12.4. The lowest BCUT2D eigenvalue weighted by Gasteiger charge is -2.48. The van der Waals surface area contributed by atoms with Gasteiger partial charge in [0, 0.05) is 0 Å². The Morgan fingerprint density at radius 2 is 1.13 bits per heavy atom. The quantitative estimate of drug-likeness (QED) is 0.0603. The summed E-state index contributed by atoms with van der Waals surface area (Å²) in [4.78, 5) is 12.4. The first-order chi connectivity index (χ1) is 24.4. The highest BCUT2D eigenvalue weighted by molar-refractivity contribution is 7.84. The van der Waals surface area contributed by atoms with Crippen molar-refractivity contribution in [3.8, 4) is 0 Å². The molecule has 12 N–H and O–H groups in total. The smallest absolute Gasteiger partial charge is 0.397 e. The van der Waals surface area contributed by atoms with Gasteiger partial charge < -0.3 is 49.2 Å². The largest absolute Gasteiger partial charge is 0.479 e. The molecule has 3 rings (SSSR count). The van der Waals surface area contributed by atoms with Gasteiger partial charge in [0.15, 0.2) is 24.8 Å². The van der Waals surface area contributed by atoms with Crippen molar-refractivity contribution < 1.29 is 131 Å². The second-order valence-electron chi connectivity index (χ2n) is 11.1. The zero-order chi connectivity index (χ0) is 41.4. The van der Waals surface area contributed by atoms with Crippen molar-refractivity contribution in [1.29, 1.82) is 0 Å². The van der Waals surface area contributed by atoms with E-state index >= 15 is 0 Å². The molecule has 0 aromatic rings. The van der Waals surface area contributed by atoms with Crippen LogP contribution in [0, 0.1) is 0 Å². The third kappa shape index (κ3) is 13.8. The molecule has 0 aromatic carbocycles.